The molecule has 1 amide bonds. The van der Waals surface area contributed by atoms with Crippen molar-refractivity contribution in [1.82, 2.24) is 9.29 Å². The van der Waals surface area contributed by atoms with Crippen molar-refractivity contribution in [3.05, 3.63) is 18.2 Å². The van der Waals surface area contributed by atoms with Gasteiger partial charge in [0.05, 0.1) is 15.1 Å². The number of benzene rings is 1. The van der Waals surface area contributed by atoms with Gasteiger partial charge in [0.15, 0.2) is 5.13 Å². The molecule has 2 aliphatic rings. The summed E-state index contributed by atoms with van der Waals surface area (Å²) < 4.78 is 28.1. The SMILES string of the molecule is O=C(CCC1CCCCC1)Nc1nc2ccc(S(=O)(=O)N3CCCCC3)cc2s1. The van der Waals surface area contributed by atoms with E-state index in [1.807, 2.05) is 0 Å². The van der Waals surface area contributed by atoms with Crippen molar-refractivity contribution in [3.63, 3.8) is 0 Å². The van der Waals surface area contributed by atoms with E-state index in [0.29, 0.717) is 35.5 Å². The van der Waals surface area contributed by atoms with Crippen LogP contribution in [0.4, 0.5) is 5.13 Å². The zero-order valence-electron chi connectivity index (χ0n) is 16.7. The highest BCUT2D eigenvalue weighted by Crippen LogP contribution is 2.31. The number of thiazole rings is 1. The summed E-state index contributed by atoms with van der Waals surface area (Å²) in [5.74, 6) is 0.670. The van der Waals surface area contributed by atoms with Gasteiger partial charge >= 0.3 is 0 Å². The lowest BCUT2D eigenvalue weighted by atomic mass is 9.86. The predicted octanol–water partition coefficient (Wildman–Crippen LogP) is 4.77. The first kappa shape index (κ1) is 20.8. The van der Waals surface area contributed by atoms with Crippen molar-refractivity contribution < 1.29 is 13.2 Å². The second kappa shape index (κ2) is 9.10. The van der Waals surface area contributed by atoms with Crippen LogP contribution in [0.3, 0.4) is 0 Å². The minimum absolute atomic E-state index is 0.00390. The molecular formula is C21H29N3O3S2. The molecule has 6 nitrogen and oxygen atoms in total. The molecule has 1 aromatic heterocycles. The molecule has 1 saturated heterocycles. The van der Waals surface area contributed by atoms with E-state index < -0.39 is 10.0 Å². The van der Waals surface area contributed by atoms with Gasteiger partial charge in [0.2, 0.25) is 15.9 Å². The number of carbonyl (C=O) groups excluding carboxylic acids is 1. The maximum atomic E-state index is 12.9. The predicted molar refractivity (Wildman–Crippen MR) is 117 cm³/mol. The summed E-state index contributed by atoms with van der Waals surface area (Å²) in [6.45, 7) is 1.18. The molecule has 4 rings (SSSR count). The van der Waals surface area contributed by atoms with Crippen molar-refractivity contribution in [2.75, 3.05) is 18.4 Å². The molecule has 1 aliphatic carbocycles. The molecule has 0 bridgehead atoms. The van der Waals surface area contributed by atoms with Gasteiger partial charge in [-0.05, 0) is 43.4 Å². The monoisotopic (exact) mass is 435 g/mol. The van der Waals surface area contributed by atoms with Crippen LogP contribution in [-0.2, 0) is 14.8 Å². The van der Waals surface area contributed by atoms with Crippen LogP contribution in [0.25, 0.3) is 10.2 Å². The van der Waals surface area contributed by atoms with E-state index in [-0.39, 0.29) is 5.91 Å². The normalized spacial score (nSPS) is 19.4. The fraction of sp³-hybridized carbons (Fsp3) is 0.619. The Kier molecular flexibility index (Phi) is 6.51. The van der Waals surface area contributed by atoms with E-state index >= 15 is 0 Å². The van der Waals surface area contributed by atoms with E-state index in [0.717, 1.165) is 35.9 Å². The number of nitrogens with zero attached hydrogens (tertiary/aromatic N) is 2. The first-order chi connectivity index (χ1) is 14.0. The Labute approximate surface area is 176 Å². The number of sulfonamides is 1. The van der Waals surface area contributed by atoms with Crippen LogP contribution in [0.2, 0.25) is 0 Å². The van der Waals surface area contributed by atoms with E-state index in [9.17, 15) is 13.2 Å². The van der Waals surface area contributed by atoms with Gasteiger partial charge in [0, 0.05) is 19.5 Å². The molecule has 0 spiro atoms. The molecular weight excluding hydrogens is 406 g/mol. The smallest absolute Gasteiger partial charge is 0.243 e. The number of piperidine rings is 1. The van der Waals surface area contributed by atoms with Crippen LogP contribution in [-0.4, -0.2) is 36.7 Å². The topological polar surface area (TPSA) is 79.4 Å². The Morgan fingerprint density at radius 1 is 1.10 bits per heavy atom. The average molecular weight is 436 g/mol. The lowest BCUT2D eigenvalue weighted by molar-refractivity contribution is -0.116. The van der Waals surface area contributed by atoms with Crippen molar-refractivity contribution in [2.45, 2.75) is 69.1 Å². The second-order valence-corrected chi connectivity index (χ2v) is 11.2. The molecule has 2 fully saturated rings. The molecule has 0 atom stereocenters. The van der Waals surface area contributed by atoms with Crippen molar-refractivity contribution >= 4 is 42.6 Å². The standard InChI is InChI=1S/C21H29N3O3S2/c25-20(12-9-16-7-3-1-4-8-16)23-21-22-18-11-10-17(15-19(18)28-21)29(26,27)24-13-5-2-6-14-24/h10-11,15-16H,1-9,12-14H2,(H,22,23,25). The van der Waals surface area contributed by atoms with E-state index in [2.05, 4.69) is 10.3 Å². The van der Waals surface area contributed by atoms with Crippen LogP contribution in [0.5, 0.6) is 0 Å². The summed E-state index contributed by atoms with van der Waals surface area (Å²) in [6.07, 6.45) is 10.8. The highest BCUT2D eigenvalue weighted by molar-refractivity contribution is 7.89. The summed E-state index contributed by atoms with van der Waals surface area (Å²) in [6, 6.07) is 5.05. The number of aromatic nitrogens is 1. The van der Waals surface area contributed by atoms with E-state index in [4.69, 9.17) is 0 Å². The van der Waals surface area contributed by atoms with Gasteiger partial charge in [-0.25, -0.2) is 13.4 Å². The van der Waals surface area contributed by atoms with Crippen LogP contribution in [0.1, 0.15) is 64.2 Å². The van der Waals surface area contributed by atoms with Crippen LogP contribution in [0.15, 0.2) is 23.1 Å². The van der Waals surface area contributed by atoms with Gasteiger partial charge in [-0.2, -0.15) is 4.31 Å². The molecule has 0 radical (unpaired) electrons. The minimum atomic E-state index is -3.46. The fourth-order valence-corrected chi connectivity index (χ4v) is 6.91. The lowest BCUT2D eigenvalue weighted by Crippen LogP contribution is -2.35. The van der Waals surface area contributed by atoms with Gasteiger partial charge in [-0.15, -0.1) is 0 Å². The zero-order chi connectivity index (χ0) is 20.3. The molecule has 1 aromatic carbocycles. The Balaban J connectivity index is 1.42. The first-order valence-electron chi connectivity index (χ1n) is 10.7. The number of hydrogen-bond acceptors (Lipinski definition) is 5. The third-order valence-electron chi connectivity index (χ3n) is 6.06. The summed E-state index contributed by atoms with van der Waals surface area (Å²) >= 11 is 1.34. The number of carbonyl (C=O) groups is 1. The highest BCUT2D eigenvalue weighted by atomic mass is 32.2. The van der Waals surface area contributed by atoms with Crippen LogP contribution >= 0.6 is 11.3 Å². The molecule has 1 N–H and O–H groups in total. The average Bonchev–Trinajstić information content (AvgIpc) is 3.15. The van der Waals surface area contributed by atoms with Gasteiger partial charge in [0.1, 0.15) is 0 Å². The fourth-order valence-electron chi connectivity index (χ4n) is 4.37. The Bertz CT molecular complexity index is 959. The summed E-state index contributed by atoms with van der Waals surface area (Å²) in [5.41, 5.74) is 0.718. The number of fused-ring (bicyclic) bond motifs is 1. The third-order valence-corrected chi connectivity index (χ3v) is 8.89. The van der Waals surface area contributed by atoms with Gasteiger partial charge in [0.25, 0.3) is 0 Å². The third kappa shape index (κ3) is 4.98. The molecule has 2 aromatic rings. The van der Waals surface area contributed by atoms with Crippen molar-refractivity contribution in [3.8, 4) is 0 Å². The number of nitrogens with one attached hydrogen (secondary N) is 1. The van der Waals surface area contributed by atoms with Gasteiger partial charge < -0.3 is 5.32 Å². The first-order valence-corrected chi connectivity index (χ1v) is 13.0. The molecule has 2 heterocycles. The maximum absolute atomic E-state index is 12.9. The van der Waals surface area contributed by atoms with Crippen molar-refractivity contribution in [2.24, 2.45) is 5.92 Å². The Morgan fingerprint density at radius 3 is 2.59 bits per heavy atom. The number of rotatable bonds is 6. The molecule has 158 valence electrons. The quantitative estimate of drug-likeness (QED) is 0.709. The van der Waals surface area contributed by atoms with Gasteiger partial charge in [-0.3, -0.25) is 4.79 Å². The van der Waals surface area contributed by atoms with Gasteiger partial charge in [-0.1, -0.05) is 49.9 Å². The molecule has 1 aliphatic heterocycles. The largest absolute Gasteiger partial charge is 0.302 e. The number of hydrogen-bond donors (Lipinski definition) is 1. The zero-order valence-corrected chi connectivity index (χ0v) is 18.4. The highest BCUT2D eigenvalue weighted by Gasteiger charge is 2.26. The molecule has 1 saturated carbocycles. The summed E-state index contributed by atoms with van der Waals surface area (Å²) in [4.78, 5) is 17.1. The van der Waals surface area contributed by atoms with Crippen LogP contribution in [0, 0.1) is 5.92 Å². The Hall–Kier alpha value is -1.51. The summed E-state index contributed by atoms with van der Waals surface area (Å²) in [5, 5.41) is 3.44. The molecule has 29 heavy (non-hydrogen) atoms. The lowest BCUT2D eigenvalue weighted by Gasteiger charge is -2.25. The van der Waals surface area contributed by atoms with E-state index in [1.54, 1.807) is 22.5 Å². The molecule has 8 heteroatoms. The number of amides is 1. The molecule has 0 unspecified atom stereocenters. The minimum Gasteiger partial charge on any atom is -0.302 e. The summed E-state index contributed by atoms with van der Waals surface area (Å²) in [7, 11) is -3.46. The van der Waals surface area contributed by atoms with E-state index in [1.165, 1.54) is 43.4 Å². The Morgan fingerprint density at radius 2 is 1.83 bits per heavy atom. The maximum Gasteiger partial charge on any atom is 0.243 e. The van der Waals surface area contributed by atoms with Crippen molar-refractivity contribution in [1.29, 1.82) is 0 Å². The second-order valence-electron chi connectivity index (χ2n) is 8.20. The van der Waals surface area contributed by atoms with Crippen LogP contribution < -0.4 is 5.32 Å². The number of anilines is 1.